The molecule has 0 aliphatic carbocycles. The number of rotatable bonds is 19. The number of carboxylic acids is 1. The fourth-order valence-electron chi connectivity index (χ4n) is 2.78. The Hall–Kier alpha value is -0.830. The molecule has 29 heavy (non-hydrogen) atoms. The molecule has 0 rings (SSSR count). The minimum atomic E-state index is -0.920. The largest absolute Gasteiger partial charge is 0.550 e. The fraction of sp³-hybridized carbons (Fsp3) is 0.885. The molecule has 3 nitrogen and oxygen atoms in total. The summed E-state index contributed by atoms with van der Waals surface area (Å²) < 4.78 is 0. The Bertz CT molecular complexity index is 286. The summed E-state index contributed by atoms with van der Waals surface area (Å²) >= 11 is 0. The van der Waals surface area contributed by atoms with Crippen molar-refractivity contribution in [3.05, 3.63) is 12.7 Å². The first-order valence-electron chi connectivity index (χ1n) is 12.7. The van der Waals surface area contributed by atoms with Gasteiger partial charge in [-0.25, -0.2) is 0 Å². The molecule has 0 aliphatic heterocycles. The van der Waals surface area contributed by atoms with Crippen LogP contribution < -0.4 is 10.4 Å². The Kier molecular flexibility index (Phi) is 39.2. The Labute approximate surface area is 184 Å². The van der Waals surface area contributed by atoms with Crippen LogP contribution in [-0.4, -0.2) is 19.1 Å². The van der Waals surface area contributed by atoms with E-state index in [2.05, 4.69) is 39.6 Å². The van der Waals surface area contributed by atoms with Gasteiger partial charge in [-0.05, 0) is 38.5 Å². The molecule has 0 aliphatic rings. The SMILES string of the molecule is C=CCCCCCCCC.CCCCCCCC(=O)[O-].CCCC[NH2+]CCCC. The molecule has 3 heteroatoms. The highest BCUT2D eigenvalue weighted by atomic mass is 16.4. The van der Waals surface area contributed by atoms with Crippen molar-refractivity contribution in [2.45, 2.75) is 137 Å². The maximum Gasteiger partial charge on any atom is 0.0755 e. The van der Waals surface area contributed by atoms with E-state index in [0.29, 0.717) is 0 Å². The van der Waals surface area contributed by atoms with Gasteiger partial charge in [-0.2, -0.15) is 0 Å². The van der Waals surface area contributed by atoms with E-state index in [-0.39, 0.29) is 6.42 Å². The molecule has 0 saturated carbocycles. The van der Waals surface area contributed by atoms with Crippen LogP contribution in [-0.2, 0) is 4.79 Å². The lowest BCUT2D eigenvalue weighted by Crippen LogP contribution is -2.84. The van der Waals surface area contributed by atoms with Gasteiger partial charge >= 0.3 is 0 Å². The number of nitrogens with two attached hydrogens (primary N) is 1. The molecule has 0 heterocycles. The second-order valence-electron chi connectivity index (χ2n) is 7.95. The summed E-state index contributed by atoms with van der Waals surface area (Å²) in [5, 5.41) is 12.3. The van der Waals surface area contributed by atoms with Crippen LogP contribution in [0.25, 0.3) is 0 Å². The van der Waals surface area contributed by atoms with E-state index in [4.69, 9.17) is 0 Å². The summed E-state index contributed by atoms with van der Waals surface area (Å²) in [6.45, 7) is 15.2. The normalized spacial score (nSPS) is 9.79. The van der Waals surface area contributed by atoms with Gasteiger partial charge in [-0.3, -0.25) is 0 Å². The Morgan fingerprint density at radius 1 is 0.690 bits per heavy atom. The summed E-state index contributed by atoms with van der Waals surface area (Å²) in [4.78, 5) is 9.92. The van der Waals surface area contributed by atoms with Crippen molar-refractivity contribution in [3.8, 4) is 0 Å². The van der Waals surface area contributed by atoms with Crippen molar-refractivity contribution in [2.24, 2.45) is 0 Å². The smallest absolute Gasteiger partial charge is 0.0755 e. The zero-order valence-electron chi connectivity index (χ0n) is 20.6. The first-order valence-corrected chi connectivity index (χ1v) is 12.7. The lowest BCUT2D eigenvalue weighted by atomic mass is 10.1. The van der Waals surface area contributed by atoms with Crippen molar-refractivity contribution in [1.82, 2.24) is 0 Å². The first-order chi connectivity index (χ1) is 14.1. The van der Waals surface area contributed by atoms with Crippen LogP contribution in [0, 0.1) is 0 Å². The number of unbranched alkanes of at least 4 members (excludes halogenated alkanes) is 12. The maximum atomic E-state index is 9.92. The highest BCUT2D eigenvalue weighted by Crippen LogP contribution is 2.06. The topological polar surface area (TPSA) is 56.7 Å². The van der Waals surface area contributed by atoms with E-state index in [1.54, 1.807) is 0 Å². The molecule has 2 N–H and O–H groups in total. The van der Waals surface area contributed by atoms with Gasteiger partial charge < -0.3 is 15.2 Å². The Morgan fingerprint density at radius 2 is 1.10 bits per heavy atom. The fourth-order valence-corrected chi connectivity index (χ4v) is 2.78. The van der Waals surface area contributed by atoms with E-state index in [9.17, 15) is 9.90 Å². The molecule has 0 unspecified atom stereocenters. The van der Waals surface area contributed by atoms with Crippen molar-refractivity contribution in [2.75, 3.05) is 13.1 Å². The zero-order valence-corrected chi connectivity index (χ0v) is 20.6. The number of hydrogen-bond acceptors (Lipinski definition) is 2. The van der Waals surface area contributed by atoms with Crippen molar-refractivity contribution < 1.29 is 15.2 Å². The second-order valence-corrected chi connectivity index (χ2v) is 7.95. The third-order valence-electron chi connectivity index (χ3n) is 4.77. The van der Waals surface area contributed by atoms with E-state index >= 15 is 0 Å². The van der Waals surface area contributed by atoms with Crippen LogP contribution in [0.1, 0.15) is 137 Å². The number of allylic oxidation sites excluding steroid dienone is 1. The van der Waals surface area contributed by atoms with Gasteiger partial charge in [-0.1, -0.05) is 104 Å². The Morgan fingerprint density at radius 3 is 1.52 bits per heavy atom. The Balaban J connectivity index is -0.000000350. The quantitative estimate of drug-likeness (QED) is 0.203. The van der Waals surface area contributed by atoms with Crippen molar-refractivity contribution in [1.29, 1.82) is 0 Å². The van der Waals surface area contributed by atoms with Gasteiger partial charge in [-0.15, -0.1) is 6.58 Å². The molecule has 0 fully saturated rings. The summed E-state index contributed by atoms with van der Waals surface area (Å²) in [7, 11) is 0. The summed E-state index contributed by atoms with van der Waals surface area (Å²) in [6.07, 6.45) is 22.6. The third kappa shape index (κ3) is 46.8. The number of hydrogen-bond donors (Lipinski definition) is 1. The van der Waals surface area contributed by atoms with Gasteiger partial charge in [0.15, 0.2) is 0 Å². The van der Waals surface area contributed by atoms with Crippen LogP contribution in [0.5, 0.6) is 0 Å². The maximum absolute atomic E-state index is 9.92. The van der Waals surface area contributed by atoms with E-state index in [1.807, 2.05) is 6.08 Å². The van der Waals surface area contributed by atoms with E-state index in [1.165, 1.54) is 96.6 Å². The van der Waals surface area contributed by atoms with E-state index < -0.39 is 5.97 Å². The highest BCUT2D eigenvalue weighted by molar-refractivity contribution is 5.63. The van der Waals surface area contributed by atoms with Crippen LogP contribution in [0.4, 0.5) is 0 Å². The van der Waals surface area contributed by atoms with Crippen molar-refractivity contribution in [3.63, 3.8) is 0 Å². The second kappa shape index (κ2) is 34.7. The minimum absolute atomic E-state index is 0.226. The molecule has 0 bridgehead atoms. The number of carbonyl (C=O) groups excluding carboxylic acids is 1. The predicted octanol–water partition coefficient (Wildman–Crippen LogP) is 6.17. The standard InChI is InChI=1S/C10H20.C8H19N.C8H16O2/c1-3-5-7-9-10-8-6-4-2;1-3-5-7-9-8-6-4-2;1-2-3-4-5-6-7-8(9)10/h3H,1,4-10H2,2H3;9H,3-8H2,1-2H3;2-7H2,1H3,(H,9,10). The molecular weight excluding hydrogens is 358 g/mol. The number of aliphatic carboxylic acids is 1. The molecule has 0 radical (unpaired) electrons. The lowest BCUT2D eigenvalue weighted by molar-refractivity contribution is -0.655. The van der Waals surface area contributed by atoms with Crippen LogP contribution in [0.15, 0.2) is 12.7 Å². The predicted molar refractivity (Wildman–Crippen MR) is 128 cm³/mol. The molecule has 176 valence electrons. The lowest BCUT2D eigenvalue weighted by Gasteiger charge is -2.00. The molecule has 0 aromatic carbocycles. The van der Waals surface area contributed by atoms with Crippen LogP contribution in [0.2, 0.25) is 0 Å². The van der Waals surface area contributed by atoms with Gasteiger partial charge in [0.2, 0.25) is 0 Å². The number of quaternary nitrogens is 1. The van der Waals surface area contributed by atoms with Gasteiger partial charge in [0.1, 0.15) is 0 Å². The molecule has 0 atom stereocenters. The summed E-state index contributed by atoms with van der Waals surface area (Å²) in [5.74, 6) is -0.920. The molecule has 0 amide bonds. The average molecular weight is 414 g/mol. The van der Waals surface area contributed by atoms with Gasteiger partial charge in [0, 0.05) is 5.97 Å². The van der Waals surface area contributed by atoms with Gasteiger partial charge in [0.25, 0.3) is 0 Å². The molecule has 0 spiro atoms. The zero-order chi connectivity index (χ0) is 22.4. The number of carboxylic acid groups (broad SMARTS) is 1. The summed E-state index contributed by atoms with van der Waals surface area (Å²) in [5.41, 5.74) is 0. The molecular formula is C26H55NO2. The van der Waals surface area contributed by atoms with Crippen LogP contribution >= 0.6 is 0 Å². The highest BCUT2D eigenvalue weighted by Gasteiger charge is 1.89. The third-order valence-corrected chi connectivity index (χ3v) is 4.77. The molecule has 0 aromatic rings. The minimum Gasteiger partial charge on any atom is -0.550 e. The average Bonchev–Trinajstić information content (AvgIpc) is 2.71. The van der Waals surface area contributed by atoms with E-state index in [0.717, 1.165) is 19.3 Å². The summed E-state index contributed by atoms with van der Waals surface area (Å²) in [6, 6.07) is 0. The monoisotopic (exact) mass is 413 g/mol. The number of carbonyl (C=O) groups is 1. The first kappa shape index (κ1) is 32.8. The molecule has 0 aromatic heterocycles. The van der Waals surface area contributed by atoms with Crippen LogP contribution in [0.3, 0.4) is 0 Å². The van der Waals surface area contributed by atoms with Gasteiger partial charge in [0.05, 0.1) is 13.1 Å². The molecule has 0 saturated heterocycles. The van der Waals surface area contributed by atoms with Crippen molar-refractivity contribution >= 4 is 5.97 Å².